The first-order valence-electron chi connectivity index (χ1n) is 17.7. The lowest BCUT2D eigenvalue weighted by atomic mass is 9.81. The third-order valence-corrected chi connectivity index (χ3v) is 10.3. The maximum absolute atomic E-state index is 5.02. The fraction of sp³-hybridized carbons (Fsp3) is 0.0833. The van der Waals surface area contributed by atoms with Crippen LogP contribution in [0.3, 0.4) is 0 Å². The average molecular weight is 669 g/mol. The molecule has 1 aliphatic carbocycles. The van der Waals surface area contributed by atoms with Crippen molar-refractivity contribution in [2.24, 2.45) is 0 Å². The van der Waals surface area contributed by atoms with Crippen LogP contribution in [0.5, 0.6) is 0 Å². The average Bonchev–Trinajstić information content (AvgIpc) is 3.42. The summed E-state index contributed by atoms with van der Waals surface area (Å²) >= 11 is 0. The highest BCUT2D eigenvalue weighted by Crippen LogP contribution is 2.51. The number of aromatic nitrogens is 4. The fourth-order valence-electron chi connectivity index (χ4n) is 7.52. The molecule has 0 fully saturated rings. The smallest absolute Gasteiger partial charge is 0.164 e. The van der Waals surface area contributed by atoms with Crippen LogP contribution in [0.25, 0.3) is 78.8 Å². The van der Waals surface area contributed by atoms with Gasteiger partial charge in [0.05, 0.1) is 5.69 Å². The summed E-state index contributed by atoms with van der Waals surface area (Å²) < 4.78 is 0. The van der Waals surface area contributed by atoms with Crippen molar-refractivity contribution < 1.29 is 0 Å². The molecule has 8 aromatic rings. The Morgan fingerprint density at radius 3 is 1.58 bits per heavy atom. The van der Waals surface area contributed by atoms with E-state index in [0.29, 0.717) is 17.5 Å². The first-order chi connectivity index (χ1) is 25.4. The minimum atomic E-state index is -0.200. The van der Waals surface area contributed by atoms with Gasteiger partial charge in [0.2, 0.25) is 0 Å². The van der Waals surface area contributed by atoms with Gasteiger partial charge in [-0.15, -0.1) is 0 Å². The second kappa shape index (κ2) is 12.7. The molecule has 6 aromatic carbocycles. The normalized spacial score (nSPS) is 12.7. The van der Waals surface area contributed by atoms with Gasteiger partial charge in [-0.3, -0.25) is 4.98 Å². The Balaban J connectivity index is 1.11. The molecular formula is C48H36N4. The van der Waals surface area contributed by atoms with Crippen LogP contribution in [0.15, 0.2) is 164 Å². The van der Waals surface area contributed by atoms with E-state index in [9.17, 15) is 0 Å². The molecule has 0 radical (unpaired) electrons. The predicted octanol–water partition coefficient (Wildman–Crippen LogP) is 11.9. The molecule has 0 unspecified atom stereocenters. The highest BCUT2D eigenvalue weighted by Gasteiger charge is 2.36. The van der Waals surface area contributed by atoms with Crippen LogP contribution in [0, 0.1) is 6.92 Å². The zero-order valence-corrected chi connectivity index (χ0v) is 29.4. The molecule has 4 heteroatoms. The number of pyridine rings is 1. The van der Waals surface area contributed by atoms with Crippen molar-refractivity contribution in [1.29, 1.82) is 0 Å². The fourth-order valence-corrected chi connectivity index (χ4v) is 7.52. The largest absolute Gasteiger partial charge is 0.256 e. The van der Waals surface area contributed by atoms with Gasteiger partial charge in [-0.25, -0.2) is 15.0 Å². The van der Waals surface area contributed by atoms with Gasteiger partial charge in [0.1, 0.15) is 0 Å². The zero-order chi connectivity index (χ0) is 35.2. The van der Waals surface area contributed by atoms with Crippen molar-refractivity contribution in [2.75, 3.05) is 0 Å². The molecule has 0 bridgehead atoms. The second-order valence-electron chi connectivity index (χ2n) is 14.0. The summed E-state index contributed by atoms with van der Waals surface area (Å²) in [5.74, 6) is 2.00. The number of benzene rings is 6. The predicted molar refractivity (Wildman–Crippen MR) is 213 cm³/mol. The van der Waals surface area contributed by atoms with Gasteiger partial charge in [-0.05, 0) is 87.3 Å². The molecule has 2 heterocycles. The van der Waals surface area contributed by atoms with E-state index in [1.807, 2.05) is 72.9 Å². The lowest BCUT2D eigenvalue weighted by Gasteiger charge is -2.23. The van der Waals surface area contributed by atoms with Crippen LogP contribution in [0.4, 0.5) is 0 Å². The molecule has 0 atom stereocenters. The van der Waals surface area contributed by atoms with Gasteiger partial charge in [-0.2, -0.15) is 0 Å². The van der Waals surface area contributed by atoms with Crippen molar-refractivity contribution in [3.8, 4) is 78.8 Å². The Labute approximate surface area is 304 Å². The molecule has 1 aliphatic rings. The van der Waals surface area contributed by atoms with E-state index in [1.165, 1.54) is 44.5 Å². The van der Waals surface area contributed by atoms with Gasteiger partial charge in [0, 0.05) is 33.9 Å². The highest BCUT2D eigenvalue weighted by molar-refractivity contribution is 5.88. The third-order valence-electron chi connectivity index (χ3n) is 10.3. The van der Waals surface area contributed by atoms with Crippen molar-refractivity contribution >= 4 is 0 Å². The van der Waals surface area contributed by atoms with Gasteiger partial charge >= 0.3 is 0 Å². The monoisotopic (exact) mass is 668 g/mol. The third kappa shape index (κ3) is 5.59. The Kier molecular flexibility index (Phi) is 7.66. The maximum Gasteiger partial charge on any atom is 0.164 e. The summed E-state index contributed by atoms with van der Waals surface area (Å²) in [6.07, 6.45) is 1.90. The maximum atomic E-state index is 5.02. The van der Waals surface area contributed by atoms with E-state index >= 15 is 0 Å². The quantitative estimate of drug-likeness (QED) is 0.177. The standard InChI is InChI=1S/C48H36N4/c1-31-26-42-41(30-40(31)37-21-13-20-35(27-37)36-24-25-49-44(29-36)32-14-7-4-8-15-32)39-23-22-38(28-43(39)48(42,2)3)47-51-45(33-16-9-5-10-17-33)50-46(52-47)34-18-11-6-12-19-34/h4-30H,1-3H3. The lowest BCUT2D eigenvalue weighted by molar-refractivity contribution is 0.660. The van der Waals surface area contributed by atoms with E-state index in [2.05, 4.69) is 117 Å². The number of rotatable bonds is 6. The summed E-state index contributed by atoms with van der Waals surface area (Å²) in [6.45, 7) is 6.88. The van der Waals surface area contributed by atoms with Crippen LogP contribution < -0.4 is 0 Å². The molecule has 52 heavy (non-hydrogen) atoms. The van der Waals surface area contributed by atoms with Crippen LogP contribution in [0.1, 0.15) is 30.5 Å². The molecule has 0 spiro atoms. The van der Waals surface area contributed by atoms with Gasteiger partial charge in [0.25, 0.3) is 0 Å². The topological polar surface area (TPSA) is 51.6 Å². The lowest BCUT2D eigenvalue weighted by Crippen LogP contribution is -2.15. The molecule has 9 rings (SSSR count). The summed E-state index contributed by atoms with van der Waals surface area (Å²) in [5.41, 5.74) is 16.0. The first-order valence-corrected chi connectivity index (χ1v) is 17.7. The Morgan fingerprint density at radius 1 is 0.385 bits per heavy atom. The van der Waals surface area contributed by atoms with Gasteiger partial charge < -0.3 is 0 Å². The number of hydrogen-bond donors (Lipinski definition) is 0. The van der Waals surface area contributed by atoms with Gasteiger partial charge in [-0.1, -0.05) is 141 Å². The molecule has 0 N–H and O–H groups in total. The van der Waals surface area contributed by atoms with Crippen molar-refractivity contribution in [3.05, 3.63) is 181 Å². The first kappa shape index (κ1) is 31.5. The minimum absolute atomic E-state index is 0.200. The van der Waals surface area contributed by atoms with E-state index in [0.717, 1.165) is 33.5 Å². The SMILES string of the molecule is Cc1cc2c(cc1-c1cccc(-c3ccnc(-c4ccccc4)c3)c1)-c1ccc(-c3nc(-c4ccccc4)nc(-c4ccccc4)n3)cc1C2(C)C. The Bertz CT molecular complexity index is 2540. The molecule has 0 saturated carbocycles. The van der Waals surface area contributed by atoms with E-state index < -0.39 is 0 Å². The molecule has 248 valence electrons. The highest BCUT2D eigenvalue weighted by atomic mass is 15.0. The Hall–Kier alpha value is -6.52. The Morgan fingerprint density at radius 2 is 0.923 bits per heavy atom. The van der Waals surface area contributed by atoms with Crippen LogP contribution in [-0.4, -0.2) is 19.9 Å². The molecule has 0 amide bonds. The summed E-state index contributed by atoms with van der Waals surface area (Å²) in [4.78, 5) is 19.6. The van der Waals surface area contributed by atoms with Crippen molar-refractivity contribution in [1.82, 2.24) is 19.9 Å². The van der Waals surface area contributed by atoms with Crippen molar-refractivity contribution in [3.63, 3.8) is 0 Å². The molecular weight excluding hydrogens is 633 g/mol. The van der Waals surface area contributed by atoms with Crippen molar-refractivity contribution in [2.45, 2.75) is 26.2 Å². The van der Waals surface area contributed by atoms with E-state index in [4.69, 9.17) is 15.0 Å². The second-order valence-corrected chi connectivity index (χ2v) is 14.0. The van der Waals surface area contributed by atoms with E-state index in [-0.39, 0.29) is 5.41 Å². The van der Waals surface area contributed by atoms with Crippen LogP contribution in [0.2, 0.25) is 0 Å². The summed E-state index contributed by atoms with van der Waals surface area (Å²) in [6, 6.07) is 55.3. The van der Waals surface area contributed by atoms with Gasteiger partial charge in [0.15, 0.2) is 17.5 Å². The van der Waals surface area contributed by atoms with Crippen LogP contribution in [-0.2, 0) is 5.41 Å². The zero-order valence-electron chi connectivity index (χ0n) is 29.4. The number of fused-ring (bicyclic) bond motifs is 3. The number of hydrogen-bond acceptors (Lipinski definition) is 4. The summed E-state index contributed by atoms with van der Waals surface area (Å²) in [5, 5.41) is 0. The minimum Gasteiger partial charge on any atom is -0.256 e. The molecule has 4 nitrogen and oxygen atoms in total. The molecule has 2 aromatic heterocycles. The van der Waals surface area contributed by atoms with E-state index in [1.54, 1.807) is 0 Å². The summed E-state index contributed by atoms with van der Waals surface area (Å²) in [7, 11) is 0. The van der Waals surface area contributed by atoms with Crippen LogP contribution >= 0.6 is 0 Å². The number of aryl methyl sites for hydroxylation is 1. The molecule has 0 aliphatic heterocycles. The molecule has 0 saturated heterocycles. The number of nitrogens with zero attached hydrogens (tertiary/aromatic N) is 4.